The summed E-state index contributed by atoms with van der Waals surface area (Å²) in [6.45, 7) is 0. The summed E-state index contributed by atoms with van der Waals surface area (Å²) in [5, 5.41) is 30.1. The van der Waals surface area contributed by atoms with Crippen molar-refractivity contribution in [3.8, 4) is 39.5 Å². The number of hydrogen-bond donors (Lipinski definition) is 3. The molecule has 42 heavy (non-hydrogen) atoms. The van der Waals surface area contributed by atoms with Crippen molar-refractivity contribution < 1.29 is 15.3 Å². The average Bonchev–Trinajstić information content (AvgIpc) is 3.04. The molecule has 0 saturated carbocycles. The molecule has 203 valence electrons. The second kappa shape index (κ2) is 14.5. The molecule has 0 atom stereocenters. The van der Waals surface area contributed by atoms with E-state index in [-0.39, 0.29) is 28.9 Å². The molecule has 0 amide bonds. The van der Waals surface area contributed by atoms with Gasteiger partial charge in [0.2, 0.25) is 0 Å². The van der Waals surface area contributed by atoms with E-state index in [9.17, 15) is 10.2 Å². The minimum atomic E-state index is 0. The normalized spacial score (nSPS) is 10.0. The summed E-state index contributed by atoms with van der Waals surface area (Å²) in [5.41, 5.74) is 5.73. The molecule has 6 heteroatoms. The second-order valence-corrected chi connectivity index (χ2v) is 9.13. The summed E-state index contributed by atoms with van der Waals surface area (Å²) < 4.78 is 0. The van der Waals surface area contributed by atoms with Gasteiger partial charge in [0.05, 0.1) is 0 Å². The van der Waals surface area contributed by atoms with Crippen molar-refractivity contribution in [3.05, 3.63) is 152 Å². The lowest BCUT2D eigenvalue weighted by Crippen LogP contribution is -1.84. The zero-order valence-corrected chi connectivity index (χ0v) is 23.9. The smallest absolute Gasteiger partial charge is 0.141 e. The number of aromatic nitrogens is 2. The zero-order chi connectivity index (χ0) is 28.4. The Kier molecular flexibility index (Phi) is 10.3. The Morgan fingerprint density at radius 1 is 0.381 bits per heavy atom. The third-order valence-electron chi connectivity index (χ3n) is 6.42. The maximum absolute atomic E-state index is 9.78. The number of fused-ring (bicyclic) bond motifs is 2. The monoisotopic (exact) mass is 563 g/mol. The Balaban J connectivity index is 0.000000155. The Bertz CT molecular complexity index is 1750. The van der Waals surface area contributed by atoms with Gasteiger partial charge in [0, 0.05) is 40.5 Å². The van der Waals surface area contributed by atoms with Gasteiger partial charge in [0.25, 0.3) is 0 Å². The number of phenolic OH excluding ortho intramolecular Hbond substituents is 3. The van der Waals surface area contributed by atoms with E-state index in [0.29, 0.717) is 16.8 Å². The SMILES string of the molecule is Oc1ccc(-c2ccccc2)c2cccnc12.Oc1ccc(-c2ccccc2)c2cccnc12.Oc1ccccc1.[Al]. The van der Waals surface area contributed by atoms with Crippen LogP contribution in [0.1, 0.15) is 0 Å². The van der Waals surface area contributed by atoms with Gasteiger partial charge in [-0.15, -0.1) is 0 Å². The fraction of sp³-hybridized carbons (Fsp3) is 0. The maximum Gasteiger partial charge on any atom is 0.141 e. The summed E-state index contributed by atoms with van der Waals surface area (Å²) in [6, 6.07) is 43.9. The van der Waals surface area contributed by atoms with Crippen molar-refractivity contribution in [2.24, 2.45) is 0 Å². The van der Waals surface area contributed by atoms with Crippen LogP contribution in [-0.2, 0) is 0 Å². The van der Waals surface area contributed by atoms with Crippen molar-refractivity contribution in [3.63, 3.8) is 0 Å². The molecule has 0 aliphatic carbocycles. The van der Waals surface area contributed by atoms with Crippen molar-refractivity contribution in [2.45, 2.75) is 0 Å². The molecule has 0 saturated heterocycles. The molecule has 7 aromatic rings. The quantitative estimate of drug-likeness (QED) is 0.185. The average molecular weight is 564 g/mol. The van der Waals surface area contributed by atoms with E-state index in [1.54, 1.807) is 48.8 Å². The number of benzene rings is 5. The van der Waals surface area contributed by atoms with Crippen LogP contribution in [0.5, 0.6) is 17.2 Å². The fourth-order valence-corrected chi connectivity index (χ4v) is 4.48. The Morgan fingerprint density at radius 3 is 1.12 bits per heavy atom. The Morgan fingerprint density at radius 2 is 0.762 bits per heavy atom. The van der Waals surface area contributed by atoms with E-state index >= 15 is 0 Å². The van der Waals surface area contributed by atoms with E-state index in [2.05, 4.69) is 34.2 Å². The van der Waals surface area contributed by atoms with E-state index in [0.717, 1.165) is 33.0 Å². The van der Waals surface area contributed by atoms with Crippen LogP contribution in [0, 0.1) is 0 Å². The van der Waals surface area contributed by atoms with Crippen LogP contribution in [0.4, 0.5) is 0 Å². The molecule has 5 aromatic carbocycles. The van der Waals surface area contributed by atoms with Crippen molar-refractivity contribution >= 4 is 39.2 Å². The molecule has 0 fully saturated rings. The lowest BCUT2D eigenvalue weighted by molar-refractivity contribution is 0.475. The third-order valence-corrected chi connectivity index (χ3v) is 6.42. The van der Waals surface area contributed by atoms with Crippen LogP contribution in [-0.4, -0.2) is 42.6 Å². The molecule has 0 aliphatic heterocycles. The van der Waals surface area contributed by atoms with Crippen LogP contribution in [0.3, 0.4) is 0 Å². The number of nitrogens with zero attached hydrogens (tertiary/aromatic N) is 2. The molecule has 5 nitrogen and oxygen atoms in total. The zero-order valence-electron chi connectivity index (χ0n) is 22.7. The van der Waals surface area contributed by atoms with Crippen LogP contribution >= 0.6 is 0 Å². The van der Waals surface area contributed by atoms with Crippen molar-refractivity contribution in [2.75, 3.05) is 0 Å². The number of para-hydroxylation sites is 1. The number of rotatable bonds is 2. The topological polar surface area (TPSA) is 86.5 Å². The molecule has 3 radical (unpaired) electrons. The second-order valence-electron chi connectivity index (χ2n) is 9.13. The maximum atomic E-state index is 9.78. The number of aromatic hydroxyl groups is 3. The van der Waals surface area contributed by atoms with Gasteiger partial charge in [-0.3, -0.25) is 9.97 Å². The molecular formula is C36H28AlN2O3. The van der Waals surface area contributed by atoms with Crippen LogP contribution < -0.4 is 0 Å². The van der Waals surface area contributed by atoms with Gasteiger partial charge in [-0.1, -0.05) is 91.0 Å². The van der Waals surface area contributed by atoms with E-state index in [1.807, 2.05) is 78.9 Å². The van der Waals surface area contributed by atoms with E-state index in [1.165, 1.54) is 0 Å². The highest BCUT2D eigenvalue weighted by Crippen LogP contribution is 2.33. The Labute approximate surface area is 255 Å². The molecule has 2 aromatic heterocycles. The number of hydrogen-bond acceptors (Lipinski definition) is 5. The summed E-state index contributed by atoms with van der Waals surface area (Å²) in [4.78, 5) is 8.43. The van der Waals surface area contributed by atoms with Crippen LogP contribution in [0.2, 0.25) is 0 Å². The minimum Gasteiger partial charge on any atom is -0.508 e. The minimum absolute atomic E-state index is 0. The van der Waals surface area contributed by atoms with Crippen molar-refractivity contribution in [1.29, 1.82) is 0 Å². The summed E-state index contributed by atoms with van der Waals surface area (Å²) in [5.74, 6) is 0.767. The molecule has 3 N–H and O–H groups in total. The van der Waals surface area contributed by atoms with E-state index < -0.39 is 0 Å². The molecule has 0 aliphatic rings. The highest BCUT2D eigenvalue weighted by molar-refractivity contribution is 5.98. The molecule has 0 spiro atoms. The van der Waals surface area contributed by atoms with Gasteiger partial charge in [-0.25, -0.2) is 0 Å². The summed E-state index contributed by atoms with van der Waals surface area (Å²) in [6.07, 6.45) is 3.38. The van der Waals surface area contributed by atoms with Gasteiger partial charge >= 0.3 is 0 Å². The third kappa shape index (κ3) is 7.13. The van der Waals surface area contributed by atoms with Crippen LogP contribution in [0.25, 0.3) is 44.1 Å². The summed E-state index contributed by atoms with van der Waals surface area (Å²) >= 11 is 0. The lowest BCUT2D eigenvalue weighted by atomic mass is 10.0. The first-order valence-corrected chi connectivity index (χ1v) is 13.1. The predicted octanol–water partition coefficient (Wildman–Crippen LogP) is 8.23. The van der Waals surface area contributed by atoms with Crippen molar-refractivity contribution in [1.82, 2.24) is 9.97 Å². The van der Waals surface area contributed by atoms with Gasteiger partial charge in [-0.05, 0) is 70.8 Å². The van der Waals surface area contributed by atoms with E-state index in [4.69, 9.17) is 5.11 Å². The number of phenols is 3. The fourth-order valence-electron chi connectivity index (χ4n) is 4.48. The predicted molar refractivity (Wildman–Crippen MR) is 172 cm³/mol. The highest BCUT2D eigenvalue weighted by atomic mass is 27.0. The van der Waals surface area contributed by atoms with Crippen LogP contribution in [0.15, 0.2) is 152 Å². The first-order valence-electron chi connectivity index (χ1n) is 13.1. The summed E-state index contributed by atoms with van der Waals surface area (Å²) in [7, 11) is 0. The van der Waals surface area contributed by atoms with Gasteiger partial charge in [-0.2, -0.15) is 0 Å². The van der Waals surface area contributed by atoms with Gasteiger partial charge < -0.3 is 15.3 Å². The molecule has 7 rings (SSSR count). The molecule has 0 bridgehead atoms. The van der Waals surface area contributed by atoms with Gasteiger partial charge in [0.1, 0.15) is 28.3 Å². The number of pyridine rings is 2. The molecule has 2 heterocycles. The standard InChI is InChI=1S/2C15H11NO.C6H6O.Al/c2*17-14-9-8-12(11-5-2-1-3-6-11)13-7-4-10-16-15(13)14;7-6-4-2-1-3-5-6;/h2*1-10,17H;1-5,7H;. The highest BCUT2D eigenvalue weighted by Gasteiger charge is 2.08. The largest absolute Gasteiger partial charge is 0.508 e. The molecular weight excluding hydrogens is 535 g/mol. The Hall–Kier alpha value is -5.15. The first-order chi connectivity index (χ1) is 20.1. The first kappa shape index (κ1) is 29.8. The molecule has 0 unspecified atom stereocenters. The lowest BCUT2D eigenvalue weighted by Gasteiger charge is -2.07. The van der Waals surface area contributed by atoms with Gasteiger partial charge in [0.15, 0.2) is 0 Å².